The zero-order valence-electron chi connectivity index (χ0n) is 13.1. The maximum absolute atomic E-state index is 11.2. The average Bonchev–Trinajstić information content (AvgIpc) is 2.88. The van der Waals surface area contributed by atoms with Crippen molar-refractivity contribution in [1.29, 1.82) is 0 Å². The van der Waals surface area contributed by atoms with Crippen molar-refractivity contribution < 1.29 is 15.0 Å². The number of nitrogens with zero attached hydrogens (tertiary/aromatic N) is 2. The first-order valence-electron chi connectivity index (χ1n) is 7.66. The van der Waals surface area contributed by atoms with Crippen molar-refractivity contribution in [2.24, 2.45) is 5.92 Å². The fraction of sp³-hybridized carbons (Fsp3) is 0.688. The molecule has 1 aromatic rings. The maximum atomic E-state index is 11.2. The maximum Gasteiger partial charge on any atom is 0.352 e. The summed E-state index contributed by atoms with van der Waals surface area (Å²) < 4.78 is 1.88. The average molecular weight is 294 g/mol. The minimum atomic E-state index is -0.870. The summed E-state index contributed by atoms with van der Waals surface area (Å²) in [5, 5.41) is 19.6. The van der Waals surface area contributed by atoms with E-state index in [4.69, 9.17) is 0 Å². The molecule has 1 unspecified atom stereocenters. The Morgan fingerprint density at radius 3 is 2.57 bits per heavy atom. The predicted octanol–water partition coefficient (Wildman–Crippen LogP) is 2.23. The number of carboxylic acids is 1. The number of rotatable bonds is 5. The van der Waals surface area contributed by atoms with Gasteiger partial charge in [-0.15, -0.1) is 0 Å². The van der Waals surface area contributed by atoms with E-state index in [1.165, 1.54) is 0 Å². The predicted molar refractivity (Wildman–Crippen MR) is 81.6 cm³/mol. The molecule has 2 N–H and O–H groups in total. The van der Waals surface area contributed by atoms with Gasteiger partial charge in [0.05, 0.1) is 5.60 Å². The lowest BCUT2D eigenvalue weighted by atomic mass is 9.91. The standard InChI is InChI=1S/C16H26N2O3/c1-12(2)16(3,21)11-17-9-6-13(7-10-17)18-8-4-5-14(18)15(19)20/h4-5,8,12-13,21H,6-7,9-11H2,1-3H3,(H,19,20). The number of β-amino-alcohol motifs (C(OH)–C–C–N with tert-alkyl or cyclic N) is 1. The van der Waals surface area contributed by atoms with Gasteiger partial charge in [0.15, 0.2) is 0 Å². The van der Waals surface area contributed by atoms with Crippen LogP contribution in [0.2, 0.25) is 0 Å². The lowest BCUT2D eigenvalue weighted by molar-refractivity contribution is -0.0253. The number of aliphatic hydroxyl groups is 1. The van der Waals surface area contributed by atoms with Gasteiger partial charge in [0, 0.05) is 31.9 Å². The zero-order chi connectivity index (χ0) is 15.6. The van der Waals surface area contributed by atoms with Crippen LogP contribution in [0.1, 0.15) is 50.1 Å². The molecular formula is C16H26N2O3. The van der Waals surface area contributed by atoms with E-state index < -0.39 is 11.6 Å². The third kappa shape index (κ3) is 3.66. The summed E-state index contributed by atoms with van der Waals surface area (Å²) in [6.07, 6.45) is 3.69. The third-order valence-corrected chi connectivity index (χ3v) is 4.74. The van der Waals surface area contributed by atoms with Crippen LogP contribution in [-0.2, 0) is 0 Å². The molecule has 5 heteroatoms. The van der Waals surface area contributed by atoms with E-state index in [0.717, 1.165) is 25.9 Å². The fourth-order valence-electron chi connectivity index (χ4n) is 2.88. The number of aromatic nitrogens is 1. The van der Waals surface area contributed by atoms with Crippen LogP contribution in [0.15, 0.2) is 18.3 Å². The quantitative estimate of drug-likeness (QED) is 0.874. The molecule has 1 fully saturated rings. The van der Waals surface area contributed by atoms with E-state index >= 15 is 0 Å². The van der Waals surface area contributed by atoms with Crippen molar-refractivity contribution in [2.45, 2.75) is 45.3 Å². The Morgan fingerprint density at radius 1 is 1.43 bits per heavy atom. The summed E-state index contributed by atoms with van der Waals surface area (Å²) in [5.41, 5.74) is -0.311. The van der Waals surface area contributed by atoms with E-state index in [-0.39, 0.29) is 12.0 Å². The largest absolute Gasteiger partial charge is 0.477 e. The molecule has 2 heterocycles. The molecular weight excluding hydrogens is 268 g/mol. The highest BCUT2D eigenvalue weighted by molar-refractivity contribution is 5.85. The second kappa shape index (κ2) is 6.20. The van der Waals surface area contributed by atoms with E-state index in [9.17, 15) is 15.0 Å². The fourth-order valence-corrected chi connectivity index (χ4v) is 2.88. The Bertz CT molecular complexity index is 485. The van der Waals surface area contributed by atoms with Gasteiger partial charge in [-0.3, -0.25) is 0 Å². The van der Waals surface area contributed by atoms with Crippen molar-refractivity contribution in [2.75, 3.05) is 19.6 Å². The molecule has 1 saturated heterocycles. The molecule has 0 bridgehead atoms. The first-order chi connectivity index (χ1) is 9.81. The normalized spacial score (nSPS) is 20.6. The number of piperidine rings is 1. The molecule has 1 aliphatic rings. The highest BCUT2D eigenvalue weighted by Gasteiger charge is 2.30. The number of carboxylic acid groups (broad SMARTS) is 1. The van der Waals surface area contributed by atoms with Crippen LogP contribution < -0.4 is 0 Å². The van der Waals surface area contributed by atoms with Gasteiger partial charge in [-0.1, -0.05) is 13.8 Å². The van der Waals surface area contributed by atoms with Crippen LogP contribution in [0, 0.1) is 5.92 Å². The van der Waals surface area contributed by atoms with Crippen LogP contribution in [-0.4, -0.2) is 50.9 Å². The zero-order valence-corrected chi connectivity index (χ0v) is 13.1. The SMILES string of the molecule is CC(C)C(C)(O)CN1CCC(n2cccc2C(=O)O)CC1. The van der Waals surface area contributed by atoms with Crippen molar-refractivity contribution in [3.63, 3.8) is 0 Å². The summed E-state index contributed by atoms with van der Waals surface area (Å²) in [6, 6.07) is 3.68. The topological polar surface area (TPSA) is 65.7 Å². The van der Waals surface area contributed by atoms with Gasteiger partial charge >= 0.3 is 5.97 Å². The molecule has 0 saturated carbocycles. The lowest BCUT2D eigenvalue weighted by Crippen LogP contribution is -2.47. The monoisotopic (exact) mass is 294 g/mol. The van der Waals surface area contributed by atoms with E-state index in [0.29, 0.717) is 12.2 Å². The lowest BCUT2D eigenvalue weighted by Gasteiger charge is -2.38. The first-order valence-corrected chi connectivity index (χ1v) is 7.66. The minimum absolute atomic E-state index is 0.221. The Labute approximate surface area is 126 Å². The molecule has 118 valence electrons. The summed E-state index contributed by atoms with van der Waals surface area (Å²) >= 11 is 0. The molecule has 0 amide bonds. The molecule has 2 rings (SSSR count). The summed E-state index contributed by atoms with van der Waals surface area (Å²) in [7, 11) is 0. The van der Waals surface area contributed by atoms with Gasteiger partial charge in [-0.25, -0.2) is 4.79 Å². The van der Waals surface area contributed by atoms with Crippen LogP contribution in [0.5, 0.6) is 0 Å². The van der Waals surface area contributed by atoms with Gasteiger partial charge in [-0.2, -0.15) is 0 Å². The molecule has 0 aliphatic carbocycles. The summed E-state index contributed by atoms with van der Waals surface area (Å²) in [4.78, 5) is 13.5. The van der Waals surface area contributed by atoms with Crippen LogP contribution in [0.25, 0.3) is 0 Å². The van der Waals surface area contributed by atoms with Crippen molar-refractivity contribution >= 4 is 5.97 Å². The molecule has 0 radical (unpaired) electrons. The van der Waals surface area contributed by atoms with Crippen molar-refractivity contribution in [3.8, 4) is 0 Å². The molecule has 0 aromatic carbocycles. The second-order valence-corrected chi connectivity index (χ2v) is 6.63. The van der Waals surface area contributed by atoms with E-state index in [2.05, 4.69) is 4.90 Å². The molecule has 1 aromatic heterocycles. The number of carbonyl (C=O) groups is 1. The molecule has 5 nitrogen and oxygen atoms in total. The molecule has 1 atom stereocenters. The molecule has 0 spiro atoms. The molecule has 1 aliphatic heterocycles. The van der Waals surface area contributed by atoms with Crippen molar-refractivity contribution in [3.05, 3.63) is 24.0 Å². The van der Waals surface area contributed by atoms with Crippen molar-refractivity contribution in [1.82, 2.24) is 9.47 Å². The van der Waals surface area contributed by atoms with E-state index in [1.807, 2.05) is 31.5 Å². The Morgan fingerprint density at radius 2 is 2.05 bits per heavy atom. The minimum Gasteiger partial charge on any atom is -0.477 e. The third-order valence-electron chi connectivity index (χ3n) is 4.74. The summed E-state index contributed by atoms with van der Waals surface area (Å²) in [6.45, 7) is 8.42. The highest BCUT2D eigenvalue weighted by atomic mass is 16.4. The van der Waals surface area contributed by atoms with Gasteiger partial charge in [0.25, 0.3) is 0 Å². The highest BCUT2D eigenvalue weighted by Crippen LogP contribution is 2.27. The Kier molecular flexibility index (Phi) is 4.74. The van der Waals surface area contributed by atoms with Gasteiger partial charge in [0.2, 0.25) is 0 Å². The van der Waals surface area contributed by atoms with E-state index in [1.54, 1.807) is 12.1 Å². The number of hydrogen-bond acceptors (Lipinski definition) is 3. The molecule has 21 heavy (non-hydrogen) atoms. The van der Waals surface area contributed by atoms with Gasteiger partial charge < -0.3 is 19.7 Å². The Balaban J connectivity index is 1.94. The van der Waals surface area contributed by atoms with Crippen LogP contribution in [0.4, 0.5) is 0 Å². The number of aromatic carboxylic acids is 1. The van der Waals surface area contributed by atoms with Crippen LogP contribution in [0.3, 0.4) is 0 Å². The number of hydrogen-bond donors (Lipinski definition) is 2. The van der Waals surface area contributed by atoms with Gasteiger partial charge in [0.1, 0.15) is 5.69 Å². The Hall–Kier alpha value is -1.33. The van der Waals surface area contributed by atoms with Crippen LogP contribution >= 0.6 is 0 Å². The smallest absolute Gasteiger partial charge is 0.352 e. The summed E-state index contributed by atoms with van der Waals surface area (Å²) in [5.74, 6) is -0.650. The number of likely N-dealkylation sites (tertiary alicyclic amines) is 1. The first kappa shape index (κ1) is 16.0. The second-order valence-electron chi connectivity index (χ2n) is 6.63. The van der Waals surface area contributed by atoms with Gasteiger partial charge in [-0.05, 0) is 37.8 Å².